The molecule has 0 spiro atoms. The smallest absolute Gasteiger partial charge is 0.342 e. The van der Waals surface area contributed by atoms with E-state index in [4.69, 9.17) is 26.8 Å². The van der Waals surface area contributed by atoms with Crippen molar-refractivity contribution in [3.8, 4) is 5.75 Å². The van der Waals surface area contributed by atoms with Crippen molar-refractivity contribution in [3.63, 3.8) is 0 Å². The van der Waals surface area contributed by atoms with Gasteiger partial charge in [0.2, 0.25) is 0 Å². The Labute approximate surface area is 160 Å². The summed E-state index contributed by atoms with van der Waals surface area (Å²) in [6, 6.07) is 11.0. The van der Waals surface area contributed by atoms with Crippen molar-refractivity contribution in [1.29, 1.82) is 0 Å². The SMILES string of the molecule is COc1cc(N)c(Cl)cc1C(=O)O[C@@H](C)C(=O)NNC(=O)c1ccccc1. The number of methoxy groups -OCH3 is 1. The second-order valence-corrected chi connectivity index (χ2v) is 5.84. The number of carbonyl (C=O) groups excluding carboxylic acids is 3. The van der Waals surface area contributed by atoms with E-state index >= 15 is 0 Å². The minimum absolute atomic E-state index is 0.0182. The van der Waals surface area contributed by atoms with Gasteiger partial charge in [-0.15, -0.1) is 0 Å². The maximum Gasteiger partial charge on any atom is 0.342 e. The third kappa shape index (κ3) is 5.11. The molecule has 1 atom stereocenters. The molecule has 142 valence electrons. The van der Waals surface area contributed by atoms with E-state index in [-0.39, 0.29) is 22.0 Å². The fourth-order valence-corrected chi connectivity index (χ4v) is 2.22. The van der Waals surface area contributed by atoms with Crippen molar-refractivity contribution in [3.05, 3.63) is 58.6 Å². The van der Waals surface area contributed by atoms with Gasteiger partial charge in [0.05, 0.1) is 17.8 Å². The zero-order valence-electron chi connectivity index (χ0n) is 14.6. The molecule has 0 aliphatic heterocycles. The number of benzene rings is 2. The van der Waals surface area contributed by atoms with Gasteiger partial charge in [0.1, 0.15) is 11.3 Å². The number of carbonyl (C=O) groups is 3. The second kappa shape index (κ2) is 8.91. The van der Waals surface area contributed by atoms with Gasteiger partial charge < -0.3 is 15.2 Å². The molecule has 0 saturated heterocycles. The van der Waals surface area contributed by atoms with Gasteiger partial charge in [-0.05, 0) is 25.1 Å². The first-order chi connectivity index (χ1) is 12.8. The number of anilines is 1. The monoisotopic (exact) mass is 391 g/mol. The minimum atomic E-state index is -1.19. The van der Waals surface area contributed by atoms with E-state index in [9.17, 15) is 14.4 Å². The van der Waals surface area contributed by atoms with Crippen LogP contribution in [0.25, 0.3) is 0 Å². The summed E-state index contributed by atoms with van der Waals surface area (Å²) in [7, 11) is 1.36. The molecule has 0 heterocycles. The van der Waals surface area contributed by atoms with Crippen LogP contribution < -0.4 is 21.3 Å². The standard InChI is InChI=1S/C18H18ClN3O5/c1-10(16(23)21-22-17(24)11-6-4-3-5-7-11)27-18(25)12-8-13(19)14(20)9-15(12)26-2/h3-10H,20H2,1-2H3,(H,21,23)(H,22,24)/t10-/m0/s1. The largest absolute Gasteiger partial charge is 0.496 e. The Balaban J connectivity index is 1.97. The van der Waals surface area contributed by atoms with Crippen LogP contribution >= 0.6 is 11.6 Å². The molecule has 0 radical (unpaired) electrons. The van der Waals surface area contributed by atoms with Crippen LogP contribution in [0.1, 0.15) is 27.6 Å². The van der Waals surface area contributed by atoms with Crippen LogP contribution in [-0.2, 0) is 9.53 Å². The first kappa shape index (κ1) is 20.1. The van der Waals surface area contributed by atoms with Gasteiger partial charge in [-0.25, -0.2) is 4.79 Å². The predicted molar refractivity (Wildman–Crippen MR) is 99.3 cm³/mol. The number of amides is 2. The van der Waals surface area contributed by atoms with Crippen molar-refractivity contribution in [2.75, 3.05) is 12.8 Å². The molecule has 2 aromatic carbocycles. The van der Waals surface area contributed by atoms with E-state index < -0.39 is 23.9 Å². The molecule has 0 bridgehead atoms. The predicted octanol–water partition coefficient (Wildman–Crippen LogP) is 1.94. The lowest BCUT2D eigenvalue weighted by atomic mass is 10.2. The lowest BCUT2D eigenvalue weighted by Crippen LogP contribution is -2.46. The number of ether oxygens (including phenoxy) is 2. The van der Waals surface area contributed by atoms with Crippen LogP contribution in [0.2, 0.25) is 5.02 Å². The fraction of sp³-hybridized carbons (Fsp3) is 0.167. The number of hydrogen-bond donors (Lipinski definition) is 3. The van der Waals surface area contributed by atoms with Gasteiger partial charge in [0.15, 0.2) is 6.10 Å². The van der Waals surface area contributed by atoms with Gasteiger partial charge in [-0.3, -0.25) is 20.4 Å². The third-order valence-corrected chi connectivity index (χ3v) is 3.85. The topological polar surface area (TPSA) is 120 Å². The Bertz CT molecular complexity index is 858. The molecular formula is C18H18ClN3O5. The van der Waals surface area contributed by atoms with Gasteiger partial charge in [-0.2, -0.15) is 0 Å². The normalized spacial score (nSPS) is 11.2. The summed E-state index contributed by atoms with van der Waals surface area (Å²) in [5, 5.41) is 0.148. The molecule has 2 aromatic rings. The summed E-state index contributed by atoms with van der Waals surface area (Å²) in [5.74, 6) is -1.89. The first-order valence-electron chi connectivity index (χ1n) is 7.82. The molecule has 0 fully saturated rings. The number of halogens is 1. The number of nitrogen functional groups attached to an aromatic ring is 1. The summed E-state index contributed by atoms with van der Waals surface area (Å²) < 4.78 is 10.2. The van der Waals surface area contributed by atoms with Crippen LogP contribution in [-0.4, -0.2) is 31.0 Å². The summed E-state index contributed by atoms with van der Waals surface area (Å²) in [5.41, 5.74) is 10.7. The highest BCUT2D eigenvalue weighted by molar-refractivity contribution is 6.33. The molecule has 0 saturated carbocycles. The summed E-state index contributed by atoms with van der Waals surface area (Å²) >= 11 is 5.91. The molecule has 27 heavy (non-hydrogen) atoms. The fourth-order valence-electron chi connectivity index (χ4n) is 2.06. The van der Waals surface area contributed by atoms with E-state index in [1.165, 1.54) is 26.2 Å². The van der Waals surface area contributed by atoms with Crippen LogP contribution in [0.4, 0.5) is 5.69 Å². The number of esters is 1. The van der Waals surface area contributed by atoms with E-state index in [0.29, 0.717) is 5.56 Å². The molecule has 0 aliphatic rings. The Hall–Kier alpha value is -3.26. The summed E-state index contributed by atoms with van der Waals surface area (Å²) in [4.78, 5) is 36.2. The van der Waals surface area contributed by atoms with Crippen molar-refractivity contribution in [2.24, 2.45) is 0 Å². The van der Waals surface area contributed by atoms with Crippen molar-refractivity contribution in [1.82, 2.24) is 10.9 Å². The average molecular weight is 392 g/mol. The molecule has 2 rings (SSSR count). The Morgan fingerprint density at radius 3 is 2.41 bits per heavy atom. The third-order valence-electron chi connectivity index (χ3n) is 3.53. The maximum absolute atomic E-state index is 12.3. The van der Waals surface area contributed by atoms with Crippen molar-refractivity contribution in [2.45, 2.75) is 13.0 Å². The highest BCUT2D eigenvalue weighted by atomic mass is 35.5. The van der Waals surface area contributed by atoms with Crippen LogP contribution in [0.5, 0.6) is 5.75 Å². The molecule has 0 unspecified atom stereocenters. The van der Waals surface area contributed by atoms with E-state index in [1.807, 2.05) is 0 Å². The Kier molecular flexibility index (Phi) is 6.62. The molecule has 0 aliphatic carbocycles. The van der Waals surface area contributed by atoms with Gasteiger partial charge in [0.25, 0.3) is 11.8 Å². The molecule has 8 nitrogen and oxygen atoms in total. The van der Waals surface area contributed by atoms with Crippen LogP contribution in [0.15, 0.2) is 42.5 Å². The van der Waals surface area contributed by atoms with E-state index in [0.717, 1.165) is 0 Å². The van der Waals surface area contributed by atoms with E-state index in [2.05, 4.69) is 10.9 Å². The van der Waals surface area contributed by atoms with Crippen LogP contribution in [0.3, 0.4) is 0 Å². The van der Waals surface area contributed by atoms with Gasteiger partial charge in [0, 0.05) is 11.6 Å². The van der Waals surface area contributed by atoms with E-state index in [1.54, 1.807) is 30.3 Å². The summed E-state index contributed by atoms with van der Waals surface area (Å²) in [6.45, 7) is 1.35. The van der Waals surface area contributed by atoms with Gasteiger partial charge in [-0.1, -0.05) is 29.8 Å². The molecule has 4 N–H and O–H groups in total. The highest BCUT2D eigenvalue weighted by Crippen LogP contribution is 2.29. The average Bonchev–Trinajstić information content (AvgIpc) is 2.67. The number of nitrogens with two attached hydrogens (primary N) is 1. The second-order valence-electron chi connectivity index (χ2n) is 5.43. The molecule has 0 aromatic heterocycles. The number of hydrogen-bond acceptors (Lipinski definition) is 6. The molecular weight excluding hydrogens is 374 g/mol. The lowest BCUT2D eigenvalue weighted by Gasteiger charge is -2.15. The van der Waals surface area contributed by atoms with Gasteiger partial charge >= 0.3 is 5.97 Å². The highest BCUT2D eigenvalue weighted by Gasteiger charge is 2.23. The minimum Gasteiger partial charge on any atom is -0.496 e. The van der Waals surface area contributed by atoms with Crippen LogP contribution in [0, 0.1) is 0 Å². The summed E-state index contributed by atoms with van der Waals surface area (Å²) in [6.07, 6.45) is -1.19. The number of hydrazine groups is 1. The van der Waals surface area contributed by atoms with Crippen molar-refractivity contribution >= 4 is 35.1 Å². The Morgan fingerprint density at radius 2 is 1.78 bits per heavy atom. The maximum atomic E-state index is 12.3. The number of nitrogens with one attached hydrogen (secondary N) is 2. The first-order valence-corrected chi connectivity index (χ1v) is 8.20. The lowest BCUT2D eigenvalue weighted by molar-refractivity contribution is -0.129. The zero-order valence-corrected chi connectivity index (χ0v) is 15.4. The van der Waals surface area contributed by atoms with Crippen molar-refractivity contribution < 1.29 is 23.9 Å². The number of rotatable bonds is 5. The Morgan fingerprint density at radius 1 is 1.11 bits per heavy atom. The zero-order chi connectivity index (χ0) is 20.0. The molecule has 2 amide bonds. The molecule has 9 heteroatoms. The quantitative estimate of drug-likeness (QED) is 0.407.